The minimum Gasteiger partial charge on any atom is -0.270 e. The van der Waals surface area contributed by atoms with Crippen molar-refractivity contribution in [1.29, 1.82) is 0 Å². The minimum atomic E-state index is 0. The van der Waals surface area contributed by atoms with Gasteiger partial charge in [-0.2, -0.15) is 6.08 Å². The first-order chi connectivity index (χ1) is 2.89. The molecule has 0 saturated heterocycles. The Morgan fingerprint density at radius 3 is 2.43 bits per heavy atom. The van der Waals surface area contributed by atoms with Crippen LogP contribution in [0.1, 0.15) is 6.92 Å². The van der Waals surface area contributed by atoms with E-state index in [1.165, 1.54) is 0 Å². The zero-order valence-corrected chi connectivity index (χ0v) is 5.78. The van der Waals surface area contributed by atoms with Crippen molar-refractivity contribution < 1.29 is 19.5 Å². The van der Waals surface area contributed by atoms with E-state index < -0.39 is 0 Å². The molecule has 0 aliphatic heterocycles. The van der Waals surface area contributed by atoms with Gasteiger partial charge in [0.15, 0.2) is 0 Å². The molecule has 1 radical (unpaired) electrons. The Morgan fingerprint density at radius 2 is 2.29 bits per heavy atom. The Morgan fingerprint density at radius 1 is 1.57 bits per heavy atom. The second-order valence-electron chi connectivity index (χ2n) is 1.51. The van der Waals surface area contributed by atoms with E-state index in [1.54, 1.807) is 0 Å². The van der Waals surface area contributed by atoms with Crippen LogP contribution in [0.3, 0.4) is 0 Å². The van der Waals surface area contributed by atoms with Gasteiger partial charge >= 0.3 is 0 Å². The second-order valence-corrected chi connectivity index (χ2v) is 1.51. The van der Waals surface area contributed by atoms with Crippen LogP contribution in [0, 0.1) is 12.0 Å². The summed E-state index contributed by atoms with van der Waals surface area (Å²) in [5.74, 6) is 0.560. The molecule has 41 valence electrons. The molecule has 0 saturated carbocycles. The molecule has 0 N–H and O–H groups in total. The first kappa shape index (κ1) is 7.10. The van der Waals surface area contributed by atoms with Crippen LogP contribution in [-0.2, 0) is 19.5 Å². The molecule has 0 nitrogen and oxygen atoms in total. The van der Waals surface area contributed by atoms with E-state index in [0.29, 0.717) is 5.92 Å². The Labute approximate surface area is 57.1 Å². The van der Waals surface area contributed by atoms with Gasteiger partial charge in [0.25, 0.3) is 0 Å². The maximum Gasteiger partial charge on any atom is 0 e. The molecular weight excluding hydrogens is 175 g/mol. The third kappa shape index (κ3) is 2.04. The van der Waals surface area contributed by atoms with Crippen molar-refractivity contribution in [3.05, 3.63) is 24.3 Å². The Hall–Kier alpha value is 0.103. The SMILES string of the molecule is CC1[C-]=CC=C1.[Rh]. The Kier molecular flexibility index (Phi) is 3.20. The summed E-state index contributed by atoms with van der Waals surface area (Å²) in [5.41, 5.74) is 0. The van der Waals surface area contributed by atoms with Crippen LogP contribution in [-0.4, -0.2) is 0 Å². The molecule has 7 heavy (non-hydrogen) atoms. The van der Waals surface area contributed by atoms with Crippen molar-refractivity contribution >= 4 is 0 Å². The van der Waals surface area contributed by atoms with E-state index in [0.717, 1.165) is 0 Å². The molecule has 1 heteroatoms. The van der Waals surface area contributed by atoms with E-state index in [2.05, 4.69) is 19.1 Å². The minimum absolute atomic E-state index is 0. The number of hydrogen-bond acceptors (Lipinski definition) is 0. The molecule has 0 amide bonds. The zero-order valence-electron chi connectivity index (χ0n) is 4.14. The smallest absolute Gasteiger partial charge is 0 e. The first-order valence-corrected chi connectivity index (χ1v) is 2.15. The number of allylic oxidation sites excluding steroid dienone is 4. The standard InChI is InChI=1S/C6H7.Rh/c1-6-4-2-3-5-6;/h2-4,6H,1H3;/q-1;. The summed E-state index contributed by atoms with van der Waals surface area (Å²) in [7, 11) is 0. The molecule has 0 aromatic rings. The van der Waals surface area contributed by atoms with Crippen molar-refractivity contribution in [2.45, 2.75) is 6.92 Å². The molecule has 0 spiro atoms. The molecule has 1 unspecified atom stereocenters. The monoisotopic (exact) mass is 182 g/mol. The van der Waals surface area contributed by atoms with Gasteiger partial charge < -0.3 is 0 Å². The maximum absolute atomic E-state index is 3.08. The molecule has 0 fully saturated rings. The van der Waals surface area contributed by atoms with Crippen molar-refractivity contribution in [3.63, 3.8) is 0 Å². The summed E-state index contributed by atoms with van der Waals surface area (Å²) in [4.78, 5) is 0. The van der Waals surface area contributed by atoms with Gasteiger partial charge in [0.1, 0.15) is 0 Å². The molecule has 1 rings (SSSR count). The van der Waals surface area contributed by atoms with Crippen molar-refractivity contribution in [3.8, 4) is 0 Å². The maximum atomic E-state index is 3.08. The molecular formula is C6H7Rh-. The van der Waals surface area contributed by atoms with Crippen LogP contribution in [0.2, 0.25) is 0 Å². The summed E-state index contributed by atoms with van der Waals surface area (Å²) >= 11 is 0. The van der Waals surface area contributed by atoms with Crippen LogP contribution in [0.4, 0.5) is 0 Å². The Bertz CT molecular complexity index is 80.4. The molecule has 0 heterocycles. The summed E-state index contributed by atoms with van der Waals surface area (Å²) in [6.45, 7) is 2.11. The predicted molar refractivity (Wildman–Crippen MR) is 26.1 cm³/mol. The molecule has 1 aliphatic carbocycles. The van der Waals surface area contributed by atoms with Crippen LogP contribution in [0.5, 0.6) is 0 Å². The van der Waals surface area contributed by atoms with Gasteiger partial charge in [0.05, 0.1) is 0 Å². The molecule has 0 aromatic heterocycles. The third-order valence-corrected chi connectivity index (χ3v) is 0.855. The third-order valence-electron chi connectivity index (χ3n) is 0.855. The van der Waals surface area contributed by atoms with Gasteiger partial charge in [0.2, 0.25) is 0 Å². The summed E-state index contributed by atoms with van der Waals surface area (Å²) in [5, 5.41) is 0. The van der Waals surface area contributed by atoms with E-state index in [9.17, 15) is 0 Å². The molecule has 0 bridgehead atoms. The summed E-state index contributed by atoms with van der Waals surface area (Å²) in [6, 6.07) is 0. The average Bonchev–Trinajstić information content (AvgIpc) is 1.86. The molecule has 1 aliphatic rings. The predicted octanol–water partition coefficient (Wildman–Crippen LogP) is 1.55. The first-order valence-electron chi connectivity index (χ1n) is 2.15. The normalized spacial score (nSPS) is 25.0. The second kappa shape index (κ2) is 3.15. The molecule has 1 atom stereocenters. The number of rotatable bonds is 0. The van der Waals surface area contributed by atoms with Gasteiger partial charge in [-0.3, -0.25) is 6.08 Å². The largest absolute Gasteiger partial charge is 0.270 e. The Balaban J connectivity index is 0.000000360. The van der Waals surface area contributed by atoms with Crippen LogP contribution in [0.15, 0.2) is 18.2 Å². The topological polar surface area (TPSA) is 0 Å². The van der Waals surface area contributed by atoms with E-state index in [-0.39, 0.29) is 19.5 Å². The van der Waals surface area contributed by atoms with E-state index in [4.69, 9.17) is 0 Å². The van der Waals surface area contributed by atoms with Crippen molar-refractivity contribution in [2.75, 3.05) is 0 Å². The summed E-state index contributed by atoms with van der Waals surface area (Å²) < 4.78 is 0. The fourth-order valence-electron chi connectivity index (χ4n) is 0.485. The van der Waals surface area contributed by atoms with Gasteiger partial charge in [0, 0.05) is 19.5 Å². The van der Waals surface area contributed by atoms with Gasteiger partial charge in [-0.05, 0) is 0 Å². The van der Waals surface area contributed by atoms with E-state index >= 15 is 0 Å². The van der Waals surface area contributed by atoms with Crippen molar-refractivity contribution in [1.82, 2.24) is 0 Å². The zero-order chi connectivity index (χ0) is 4.41. The average molecular weight is 182 g/mol. The van der Waals surface area contributed by atoms with Crippen LogP contribution in [0.25, 0.3) is 0 Å². The van der Waals surface area contributed by atoms with E-state index in [1.807, 2.05) is 12.2 Å². The van der Waals surface area contributed by atoms with Crippen LogP contribution >= 0.6 is 0 Å². The van der Waals surface area contributed by atoms with Gasteiger partial charge in [-0.15, -0.1) is 0 Å². The van der Waals surface area contributed by atoms with Gasteiger partial charge in [-0.25, -0.2) is 12.2 Å². The quantitative estimate of drug-likeness (QED) is 0.393. The van der Waals surface area contributed by atoms with Gasteiger partial charge in [-0.1, -0.05) is 12.8 Å². The molecule has 0 aromatic carbocycles. The number of hydrogen-bond donors (Lipinski definition) is 0. The fourth-order valence-corrected chi connectivity index (χ4v) is 0.485. The summed E-state index contributed by atoms with van der Waals surface area (Å²) in [6.07, 6.45) is 9.16. The fraction of sp³-hybridized carbons (Fsp3) is 0.333. The van der Waals surface area contributed by atoms with Crippen LogP contribution < -0.4 is 0 Å². The van der Waals surface area contributed by atoms with Crippen molar-refractivity contribution in [2.24, 2.45) is 5.92 Å².